The topological polar surface area (TPSA) is 66.9 Å². The lowest BCUT2D eigenvalue weighted by atomic mass is 10.1. The van der Waals surface area contributed by atoms with Crippen LogP contribution in [0.25, 0.3) is 0 Å². The van der Waals surface area contributed by atoms with Crippen LogP contribution in [0.1, 0.15) is 27.4 Å². The predicted molar refractivity (Wildman–Crippen MR) is 103 cm³/mol. The maximum absolute atomic E-state index is 13.7. The Morgan fingerprint density at radius 2 is 1.78 bits per heavy atom. The van der Waals surface area contributed by atoms with E-state index in [0.717, 1.165) is 12.0 Å². The molecule has 27 heavy (non-hydrogen) atoms. The molecule has 0 saturated carbocycles. The van der Waals surface area contributed by atoms with Crippen LogP contribution in [0, 0.1) is 12.7 Å². The number of rotatable bonds is 7. The number of amides is 1. The molecule has 3 rings (SSSR count). The van der Waals surface area contributed by atoms with E-state index in [1.807, 2.05) is 30.3 Å². The highest BCUT2D eigenvalue weighted by Gasteiger charge is 2.10. The van der Waals surface area contributed by atoms with Crippen molar-refractivity contribution >= 4 is 11.7 Å². The van der Waals surface area contributed by atoms with Gasteiger partial charge in [0.1, 0.15) is 23.2 Å². The van der Waals surface area contributed by atoms with Gasteiger partial charge in [0.2, 0.25) is 0 Å². The van der Waals surface area contributed by atoms with Crippen molar-refractivity contribution in [3.05, 3.63) is 89.1 Å². The fourth-order valence-electron chi connectivity index (χ4n) is 2.66. The summed E-state index contributed by atoms with van der Waals surface area (Å²) in [6, 6.07) is 18.0. The van der Waals surface area contributed by atoms with Gasteiger partial charge >= 0.3 is 0 Å². The van der Waals surface area contributed by atoms with Crippen LogP contribution in [0.4, 0.5) is 10.2 Å². The highest BCUT2D eigenvalue weighted by molar-refractivity contribution is 5.92. The van der Waals surface area contributed by atoms with Crippen LogP contribution in [0.15, 0.2) is 60.7 Å². The first-order valence-electron chi connectivity index (χ1n) is 8.77. The minimum Gasteiger partial charge on any atom is -0.366 e. The molecule has 3 aromatic rings. The van der Waals surface area contributed by atoms with E-state index in [-0.39, 0.29) is 24.0 Å². The van der Waals surface area contributed by atoms with Gasteiger partial charge in [0.05, 0.1) is 0 Å². The number of halogens is 1. The van der Waals surface area contributed by atoms with Crippen LogP contribution >= 0.6 is 0 Å². The summed E-state index contributed by atoms with van der Waals surface area (Å²) in [5.74, 6) is 0.417. The van der Waals surface area contributed by atoms with Gasteiger partial charge in [-0.2, -0.15) is 0 Å². The van der Waals surface area contributed by atoms with Crippen LogP contribution in [-0.2, 0) is 13.0 Å². The summed E-state index contributed by atoms with van der Waals surface area (Å²) in [7, 11) is 0. The summed E-state index contributed by atoms with van der Waals surface area (Å²) in [4.78, 5) is 20.8. The average Bonchev–Trinajstić information content (AvgIpc) is 2.68. The van der Waals surface area contributed by atoms with E-state index >= 15 is 0 Å². The number of nitrogens with one attached hydrogen (secondary N) is 2. The number of aromatic nitrogens is 2. The Morgan fingerprint density at radius 3 is 2.56 bits per heavy atom. The van der Waals surface area contributed by atoms with Crippen LogP contribution in [0.2, 0.25) is 0 Å². The molecule has 138 valence electrons. The van der Waals surface area contributed by atoms with Gasteiger partial charge in [-0.15, -0.1) is 0 Å². The van der Waals surface area contributed by atoms with Crippen molar-refractivity contribution in [3.63, 3.8) is 0 Å². The molecule has 0 fully saturated rings. The number of anilines is 1. The molecule has 0 aliphatic carbocycles. The van der Waals surface area contributed by atoms with Crippen LogP contribution in [0.5, 0.6) is 0 Å². The Balaban J connectivity index is 1.60. The first kappa shape index (κ1) is 18.5. The quantitative estimate of drug-likeness (QED) is 0.673. The van der Waals surface area contributed by atoms with Crippen LogP contribution in [-0.4, -0.2) is 22.4 Å². The molecule has 0 radical (unpaired) electrons. The molecule has 0 atom stereocenters. The zero-order chi connectivity index (χ0) is 19.1. The Labute approximate surface area is 157 Å². The molecule has 0 saturated heterocycles. The third-order valence-corrected chi connectivity index (χ3v) is 4.03. The standard InChI is InChI=1S/C21H21FN4O/c1-15-25-19(21(27)23-12-11-16-7-3-2-4-8-16)13-20(26-15)24-14-17-9-5-6-10-18(17)22/h2-10,13H,11-12,14H2,1H3,(H,23,27)(H,24,25,26). The van der Waals surface area contributed by atoms with E-state index in [4.69, 9.17) is 0 Å². The first-order valence-corrected chi connectivity index (χ1v) is 8.77. The number of nitrogens with zero attached hydrogens (tertiary/aromatic N) is 2. The smallest absolute Gasteiger partial charge is 0.270 e. The molecular weight excluding hydrogens is 343 g/mol. The number of aryl methyl sites for hydroxylation is 1. The van der Waals surface area contributed by atoms with E-state index in [1.165, 1.54) is 6.07 Å². The Bertz CT molecular complexity index is 915. The molecule has 2 N–H and O–H groups in total. The first-order chi connectivity index (χ1) is 13.1. The lowest BCUT2D eigenvalue weighted by molar-refractivity contribution is 0.0949. The van der Waals surface area contributed by atoms with Crippen molar-refractivity contribution in [2.75, 3.05) is 11.9 Å². The summed E-state index contributed by atoms with van der Waals surface area (Å²) in [5, 5.41) is 5.92. The van der Waals surface area contributed by atoms with Gasteiger partial charge in [-0.1, -0.05) is 48.5 Å². The lowest BCUT2D eigenvalue weighted by Gasteiger charge is -2.10. The molecule has 2 aromatic carbocycles. The van der Waals surface area contributed by atoms with Crippen LogP contribution < -0.4 is 10.6 Å². The van der Waals surface area contributed by atoms with Gasteiger partial charge in [-0.25, -0.2) is 14.4 Å². The van der Waals surface area contributed by atoms with Crippen molar-refractivity contribution in [3.8, 4) is 0 Å². The number of carbonyl (C=O) groups excluding carboxylic acids is 1. The van der Waals surface area contributed by atoms with Crippen molar-refractivity contribution in [1.82, 2.24) is 15.3 Å². The molecule has 5 nitrogen and oxygen atoms in total. The summed E-state index contributed by atoms with van der Waals surface area (Å²) in [6.45, 7) is 2.51. The molecule has 6 heteroatoms. The second-order valence-electron chi connectivity index (χ2n) is 6.12. The molecule has 0 bridgehead atoms. The summed E-state index contributed by atoms with van der Waals surface area (Å²) in [5.41, 5.74) is 1.97. The van der Waals surface area contributed by atoms with Gasteiger partial charge in [0, 0.05) is 24.7 Å². The zero-order valence-corrected chi connectivity index (χ0v) is 15.1. The van der Waals surface area contributed by atoms with Crippen molar-refractivity contribution in [2.24, 2.45) is 0 Å². The van der Waals surface area contributed by atoms with Crippen LogP contribution in [0.3, 0.4) is 0 Å². The molecule has 1 amide bonds. The molecule has 0 unspecified atom stereocenters. The number of carbonyl (C=O) groups is 1. The molecule has 0 aliphatic rings. The van der Waals surface area contributed by atoms with E-state index in [2.05, 4.69) is 20.6 Å². The van der Waals surface area contributed by atoms with Crippen molar-refractivity contribution < 1.29 is 9.18 Å². The summed E-state index contributed by atoms with van der Waals surface area (Å²) < 4.78 is 13.7. The molecular formula is C21H21FN4O. The molecule has 0 aliphatic heterocycles. The maximum atomic E-state index is 13.7. The molecule has 1 heterocycles. The minimum atomic E-state index is -0.283. The summed E-state index contributed by atoms with van der Waals surface area (Å²) in [6.07, 6.45) is 0.745. The Morgan fingerprint density at radius 1 is 1.04 bits per heavy atom. The average molecular weight is 364 g/mol. The monoisotopic (exact) mass is 364 g/mol. The van der Waals surface area contributed by atoms with E-state index < -0.39 is 0 Å². The Kier molecular flexibility index (Phi) is 6.10. The van der Waals surface area contributed by atoms with Gasteiger partial charge in [0.25, 0.3) is 5.91 Å². The van der Waals surface area contributed by atoms with Gasteiger partial charge in [-0.3, -0.25) is 4.79 Å². The number of benzene rings is 2. The SMILES string of the molecule is Cc1nc(NCc2ccccc2F)cc(C(=O)NCCc2ccccc2)n1. The van der Waals surface area contributed by atoms with Gasteiger partial charge in [0.15, 0.2) is 0 Å². The third-order valence-electron chi connectivity index (χ3n) is 4.03. The lowest BCUT2D eigenvalue weighted by Crippen LogP contribution is -2.27. The van der Waals surface area contributed by atoms with Gasteiger partial charge in [-0.05, 0) is 25.0 Å². The summed E-state index contributed by atoms with van der Waals surface area (Å²) >= 11 is 0. The fourth-order valence-corrected chi connectivity index (χ4v) is 2.66. The highest BCUT2D eigenvalue weighted by Crippen LogP contribution is 2.11. The predicted octanol–water partition coefficient (Wildman–Crippen LogP) is 3.51. The highest BCUT2D eigenvalue weighted by atomic mass is 19.1. The zero-order valence-electron chi connectivity index (χ0n) is 15.1. The molecule has 0 spiro atoms. The normalized spacial score (nSPS) is 10.4. The fraction of sp³-hybridized carbons (Fsp3) is 0.190. The maximum Gasteiger partial charge on any atom is 0.270 e. The van der Waals surface area contributed by atoms with E-state index in [1.54, 1.807) is 31.2 Å². The van der Waals surface area contributed by atoms with Crippen molar-refractivity contribution in [2.45, 2.75) is 19.9 Å². The second kappa shape index (κ2) is 8.89. The third kappa shape index (κ3) is 5.34. The largest absolute Gasteiger partial charge is 0.366 e. The number of hydrogen-bond donors (Lipinski definition) is 2. The van der Waals surface area contributed by atoms with E-state index in [9.17, 15) is 9.18 Å². The second-order valence-corrected chi connectivity index (χ2v) is 6.12. The van der Waals surface area contributed by atoms with Gasteiger partial charge < -0.3 is 10.6 Å². The molecule has 1 aromatic heterocycles. The number of hydrogen-bond acceptors (Lipinski definition) is 4. The van der Waals surface area contributed by atoms with Crippen molar-refractivity contribution in [1.29, 1.82) is 0 Å². The Hall–Kier alpha value is -3.28. The van der Waals surface area contributed by atoms with E-state index in [0.29, 0.717) is 23.8 Å². The minimum absolute atomic E-state index is 0.259.